The van der Waals surface area contributed by atoms with Gasteiger partial charge in [-0.25, -0.2) is 4.39 Å². The Balaban J connectivity index is 1.86. The number of nitrogens with one attached hydrogen (secondary N) is 1. The van der Waals surface area contributed by atoms with Crippen LogP contribution < -0.4 is 10.1 Å². The number of fused-ring (bicyclic) bond motifs is 1. The van der Waals surface area contributed by atoms with Gasteiger partial charge in [0.1, 0.15) is 17.7 Å². The van der Waals surface area contributed by atoms with Crippen LogP contribution in [0.3, 0.4) is 0 Å². The van der Waals surface area contributed by atoms with Gasteiger partial charge in [0.05, 0.1) is 4.90 Å². The van der Waals surface area contributed by atoms with Crippen LogP contribution in [0.4, 0.5) is 4.39 Å². The third-order valence-corrected chi connectivity index (χ3v) is 5.01. The highest BCUT2D eigenvalue weighted by molar-refractivity contribution is 7.99. The normalized spacial score (nSPS) is 14.6. The molecule has 22 heavy (non-hydrogen) atoms. The Kier molecular flexibility index (Phi) is 5.01. The van der Waals surface area contributed by atoms with Crippen molar-refractivity contribution >= 4 is 11.8 Å². The fourth-order valence-corrected chi connectivity index (χ4v) is 3.85. The van der Waals surface area contributed by atoms with E-state index < -0.39 is 0 Å². The van der Waals surface area contributed by atoms with Gasteiger partial charge in [-0.05, 0) is 37.7 Å². The van der Waals surface area contributed by atoms with E-state index in [1.807, 2.05) is 25.2 Å². The number of benzene rings is 2. The molecule has 0 radical (unpaired) electrons. The number of hydrogen-bond donors (Lipinski definition) is 1. The first-order chi connectivity index (χ1) is 10.8. The van der Waals surface area contributed by atoms with E-state index in [2.05, 4.69) is 17.4 Å². The van der Waals surface area contributed by atoms with Gasteiger partial charge in [0.2, 0.25) is 0 Å². The number of halogens is 1. The van der Waals surface area contributed by atoms with E-state index in [-0.39, 0.29) is 11.9 Å². The van der Waals surface area contributed by atoms with Gasteiger partial charge in [-0.3, -0.25) is 0 Å². The summed E-state index contributed by atoms with van der Waals surface area (Å²) < 4.78 is 20.1. The highest BCUT2D eigenvalue weighted by Gasteiger charge is 2.23. The van der Waals surface area contributed by atoms with Crippen molar-refractivity contribution < 1.29 is 9.13 Å². The van der Waals surface area contributed by atoms with Crippen molar-refractivity contribution in [1.82, 2.24) is 5.32 Å². The largest absolute Gasteiger partial charge is 0.485 e. The third kappa shape index (κ3) is 3.28. The molecule has 1 atom stereocenters. The molecule has 1 aliphatic heterocycles. The van der Waals surface area contributed by atoms with Gasteiger partial charge < -0.3 is 10.1 Å². The Hall–Kier alpha value is -1.52. The lowest BCUT2D eigenvalue weighted by atomic mass is 10.1. The summed E-state index contributed by atoms with van der Waals surface area (Å²) in [5, 5.41) is 3.17. The SMILES string of the molecule is CNCCC(Oc1ccc(F)c2c1SCC2)c1ccccc1. The fraction of sp³-hybridized carbons (Fsp3) is 0.333. The van der Waals surface area contributed by atoms with Crippen molar-refractivity contribution in [3.8, 4) is 5.75 Å². The van der Waals surface area contributed by atoms with E-state index in [1.54, 1.807) is 17.8 Å². The zero-order chi connectivity index (χ0) is 15.4. The highest BCUT2D eigenvalue weighted by Crippen LogP contribution is 2.42. The smallest absolute Gasteiger partial charge is 0.134 e. The maximum atomic E-state index is 13.9. The first-order valence-corrected chi connectivity index (χ1v) is 8.58. The van der Waals surface area contributed by atoms with Gasteiger partial charge in [-0.15, -0.1) is 11.8 Å². The van der Waals surface area contributed by atoms with E-state index >= 15 is 0 Å². The summed E-state index contributed by atoms with van der Waals surface area (Å²) in [5.74, 6) is 1.63. The Morgan fingerprint density at radius 2 is 2.05 bits per heavy atom. The van der Waals surface area contributed by atoms with E-state index in [0.717, 1.165) is 46.9 Å². The first-order valence-electron chi connectivity index (χ1n) is 7.60. The number of thioether (sulfide) groups is 1. The Labute approximate surface area is 135 Å². The lowest BCUT2D eigenvalue weighted by Gasteiger charge is -2.21. The maximum Gasteiger partial charge on any atom is 0.134 e. The molecule has 1 N–H and O–H groups in total. The first kappa shape index (κ1) is 15.4. The minimum absolute atomic E-state index is 0.0237. The standard InChI is InChI=1S/C18H20FNOS/c1-20-11-9-16(13-5-3-2-4-6-13)21-17-8-7-15(19)14-10-12-22-18(14)17/h2-8,16,20H,9-12H2,1H3. The minimum Gasteiger partial charge on any atom is -0.485 e. The molecule has 3 rings (SSSR count). The van der Waals surface area contributed by atoms with Crippen molar-refractivity contribution in [2.75, 3.05) is 19.3 Å². The van der Waals surface area contributed by atoms with E-state index in [4.69, 9.17) is 4.74 Å². The molecule has 0 amide bonds. The van der Waals surface area contributed by atoms with Gasteiger partial charge in [0, 0.05) is 17.7 Å². The average Bonchev–Trinajstić information content (AvgIpc) is 3.05. The van der Waals surface area contributed by atoms with Crippen LogP contribution in [0.5, 0.6) is 5.75 Å². The molecule has 2 nitrogen and oxygen atoms in total. The van der Waals surface area contributed by atoms with Crippen LogP contribution in [0.2, 0.25) is 0 Å². The monoisotopic (exact) mass is 317 g/mol. The summed E-state index contributed by atoms with van der Waals surface area (Å²) in [7, 11) is 1.94. The van der Waals surface area contributed by atoms with E-state index in [1.165, 1.54) is 6.07 Å². The molecule has 2 aromatic rings. The van der Waals surface area contributed by atoms with Crippen LogP contribution in [0.1, 0.15) is 23.7 Å². The van der Waals surface area contributed by atoms with Crippen LogP contribution in [-0.2, 0) is 6.42 Å². The van der Waals surface area contributed by atoms with Crippen LogP contribution in [0, 0.1) is 5.82 Å². The highest BCUT2D eigenvalue weighted by atomic mass is 32.2. The average molecular weight is 317 g/mol. The Morgan fingerprint density at radius 1 is 1.23 bits per heavy atom. The molecule has 0 saturated carbocycles. The molecule has 2 aromatic carbocycles. The summed E-state index contributed by atoms with van der Waals surface area (Å²) in [5.41, 5.74) is 1.96. The van der Waals surface area contributed by atoms with Crippen molar-refractivity contribution in [2.24, 2.45) is 0 Å². The molecular formula is C18H20FNOS. The summed E-state index contributed by atoms with van der Waals surface area (Å²) in [6, 6.07) is 13.5. The topological polar surface area (TPSA) is 21.3 Å². The predicted octanol–water partition coefficient (Wildman–Crippen LogP) is 4.20. The van der Waals surface area contributed by atoms with E-state index in [9.17, 15) is 4.39 Å². The van der Waals surface area contributed by atoms with Gasteiger partial charge in [-0.1, -0.05) is 30.3 Å². The predicted molar refractivity (Wildman–Crippen MR) is 89.2 cm³/mol. The molecule has 0 bridgehead atoms. The van der Waals surface area contributed by atoms with Crippen LogP contribution in [-0.4, -0.2) is 19.3 Å². The second-order valence-electron chi connectivity index (χ2n) is 5.36. The lowest BCUT2D eigenvalue weighted by molar-refractivity contribution is 0.189. The molecule has 116 valence electrons. The van der Waals surface area contributed by atoms with Crippen molar-refractivity contribution in [2.45, 2.75) is 23.8 Å². The zero-order valence-corrected chi connectivity index (χ0v) is 13.5. The second kappa shape index (κ2) is 7.16. The molecule has 1 heterocycles. The number of ether oxygens (including phenoxy) is 1. The number of hydrogen-bond acceptors (Lipinski definition) is 3. The summed E-state index contributed by atoms with van der Waals surface area (Å²) in [6.45, 7) is 0.871. The lowest BCUT2D eigenvalue weighted by Crippen LogP contribution is -2.16. The minimum atomic E-state index is -0.112. The van der Waals surface area contributed by atoms with Gasteiger partial charge in [-0.2, -0.15) is 0 Å². The van der Waals surface area contributed by atoms with Gasteiger partial charge >= 0.3 is 0 Å². The molecule has 1 aliphatic rings. The van der Waals surface area contributed by atoms with Crippen LogP contribution in [0.25, 0.3) is 0 Å². The summed E-state index contributed by atoms with van der Waals surface area (Å²) >= 11 is 1.69. The van der Waals surface area contributed by atoms with Gasteiger partial charge in [0.15, 0.2) is 0 Å². The molecule has 0 saturated heterocycles. The van der Waals surface area contributed by atoms with Crippen molar-refractivity contribution in [3.63, 3.8) is 0 Å². The summed E-state index contributed by atoms with van der Waals surface area (Å²) in [4.78, 5) is 0.977. The molecule has 4 heteroatoms. The van der Waals surface area contributed by atoms with Gasteiger partial charge in [0.25, 0.3) is 0 Å². The second-order valence-corrected chi connectivity index (χ2v) is 6.47. The molecule has 0 aliphatic carbocycles. The fourth-order valence-electron chi connectivity index (χ4n) is 2.71. The molecule has 0 spiro atoms. The van der Waals surface area contributed by atoms with Crippen molar-refractivity contribution in [1.29, 1.82) is 0 Å². The summed E-state index contributed by atoms with van der Waals surface area (Å²) in [6.07, 6.45) is 1.64. The van der Waals surface area contributed by atoms with Crippen molar-refractivity contribution in [3.05, 3.63) is 59.4 Å². The Morgan fingerprint density at radius 3 is 2.82 bits per heavy atom. The van der Waals surface area contributed by atoms with E-state index in [0.29, 0.717) is 0 Å². The number of rotatable bonds is 6. The quantitative estimate of drug-likeness (QED) is 0.862. The van der Waals surface area contributed by atoms with Crippen LogP contribution >= 0.6 is 11.8 Å². The maximum absolute atomic E-state index is 13.9. The molecule has 0 aromatic heterocycles. The molecular weight excluding hydrogens is 297 g/mol. The Bertz CT molecular complexity index is 632. The van der Waals surface area contributed by atoms with Crippen LogP contribution in [0.15, 0.2) is 47.4 Å². The molecule has 1 unspecified atom stereocenters. The zero-order valence-electron chi connectivity index (χ0n) is 12.6. The molecule has 0 fully saturated rings. The third-order valence-electron chi connectivity index (χ3n) is 3.86.